The van der Waals surface area contributed by atoms with Crippen molar-refractivity contribution in [2.75, 3.05) is 11.9 Å². The summed E-state index contributed by atoms with van der Waals surface area (Å²) in [4.78, 5) is 23.3. The number of nitrogens with zero attached hydrogens (tertiary/aromatic N) is 1. The Morgan fingerprint density at radius 3 is 2.17 bits per heavy atom. The Kier molecular flexibility index (Phi) is 5.03. The molecule has 1 fully saturated rings. The maximum Gasteiger partial charge on any atom is 0.411 e. The lowest BCUT2D eigenvalue weighted by Crippen LogP contribution is -2.19. The highest BCUT2D eigenvalue weighted by molar-refractivity contribution is 5.91. The van der Waals surface area contributed by atoms with Crippen LogP contribution in [-0.2, 0) is 14.9 Å². The number of anilines is 1. The van der Waals surface area contributed by atoms with Gasteiger partial charge < -0.3 is 14.4 Å². The van der Waals surface area contributed by atoms with Crippen LogP contribution in [0.4, 0.5) is 10.5 Å². The van der Waals surface area contributed by atoms with Crippen LogP contribution in [0.15, 0.2) is 53.1 Å². The molecule has 0 spiro atoms. The van der Waals surface area contributed by atoms with Gasteiger partial charge in [0, 0.05) is 5.56 Å². The molecule has 0 unspecified atom stereocenters. The molecule has 2 aromatic carbocycles. The molecule has 0 atom stereocenters. The standard InChI is InChI=1S/C23H22N2O5/c1-3-29-22(28)24-19-14(2)30-25-20(19)17-6-4-15(5-7-17)16-8-10-18(11-9-16)23(12-13-23)21(26)27/h4-11H,3,12-13H2,1-2H3,(H,24,28)(H,26,27). The van der Waals surface area contributed by atoms with E-state index in [1.807, 2.05) is 48.5 Å². The molecular weight excluding hydrogens is 384 g/mol. The van der Waals surface area contributed by atoms with Gasteiger partial charge in [-0.25, -0.2) is 4.79 Å². The predicted molar refractivity (Wildman–Crippen MR) is 111 cm³/mol. The average Bonchev–Trinajstić information content (AvgIpc) is 3.49. The molecule has 1 amide bonds. The number of aryl methyl sites for hydroxylation is 1. The van der Waals surface area contributed by atoms with Crippen LogP contribution < -0.4 is 5.32 Å². The number of rotatable bonds is 6. The zero-order valence-electron chi connectivity index (χ0n) is 16.8. The Labute approximate surface area is 173 Å². The number of amides is 1. The van der Waals surface area contributed by atoms with Gasteiger partial charge in [0.1, 0.15) is 11.4 Å². The molecular formula is C23H22N2O5. The van der Waals surface area contributed by atoms with E-state index in [-0.39, 0.29) is 6.61 Å². The Balaban J connectivity index is 1.56. The first-order valence-corrected chi connectivity index (χ1v) is 9.79. The van der Waals surface area contributed by atoms with E-state index in [4.69, 9.17) is 9.26 Å². The van der Waals surface area contributed by atoms with E-state index in [0.717, 1.165) is 22.3 Å². The van der Waals surface area contributed by atoms with Crippen molar-refractivity contribution in [3.05, 3.63) is 59.9 Å². The van der Waals surface area contributed by atoms with E-state index < -0.39 is 17.5 Å². The van der Waals surface area contributed by atoms with Gasteiger partial charge in [-0.15, -0.1) is 0 Å². The molecule has 1 aliphatic carbocycles. The Bertz CT molecular complexity index is 1080. The summed E-state index contributed by atoms with van der Waals surface area (Å²) < 4.78 is 10.2. The van der Waals surface area contributed by atoms with Crippen molar-refractivity contribution in [3.63, 3.8) is 0 Å². The van der Waals surface area contributed by atoms with E-state index >= 15 is 0 Å². The maximum atomic E-state index is 11.8. The van der Waals surface area contributed by atoms with E-state index in [2.05, 4.69) is 10.5 Å². The number of benzene rings is 2. The molecule has 1 aliphatic rings. The minimum absolute atomic E-state index is 0.270. The summed E-state index contributed by atoms with van der Waals surface area (Å²) in [7, 11) is 0. The molecule has 2 N–H and O–H groups in total. The number of hydrogen-bond acceptors (Lipinski definition) is 5. The second-order valence-corrected chi connectivity index (χ2v) is 7.35. The van der Waals surface area contributed by atoms with Crippen molar-refractivity contribution in [1.29, 1.82) is 0 Å². The molecule has 7 heteroatoms. The second kappa shape index (κ2) is 7.67. The Hall–Kier alpha value is -3.61. The van der Waals surface area contributed by atoms with E-state index in [1.165, 1.54) is 0 Å². The third-order valence-electron chi connectivity index (χ3n) is 5.45. The molecule has 154 valence electrons. The maximum absolute atomic E-state index is 11.8. The molecule has 4 rings (SSSR count). The van der Waals surface area contributed by atoms with Gasteiger partial charge in [-0.2, -0.15) is 0 Å². The molecule has 30 heavy (non-hydrogen) atoms. The minimum atomic E-state index is -0.755. The summed E-state index contributed by atoms with van der Waals surface area (Å²) >= 11 is 0. The monoisotopic (exact) mass is 406 g/mol. The van der Waals surface area contributed by atoms with Crippen LogP contribution in [0.3, 0.4) is 0 Å². The second-order valence-electron chi connectivity index (χ2n) is 7.35. The molecule has 0 radical (unpaired) electrons. The number of aliphatic carboxylic acids is 1. The van der Waals surface area contributed by atoms with Gasteiger partial charge in [-0.1, -0.05) is 53.7 Å². The van der Waals surface area contributed by atoms with Crippen LogP contribution in [0, 0.1) is 6.92 Å². The quantitative estimate of drug-likeness (QED) is 0.597. The van der Waals surface area contributed by atoms with E-state index in [9.17, 15) is 14.7 Å². The third kappa shape index (κ3) is 3.54. The summed E-state index contributed by atoms with van der Waals surface area (Å²) in [6, 6.07) is 15.4. The fraction of sp³-hybridized carbons (Fsp3) is 0.261. The van der Waals surface area contributed by atoms with Gasteiger partial charge in [0.05, 0.1) is 12.0 Å². The van der Waals surface area contributed by atoms with Crippen molar-refractivity contribution in [1.82, 2.24) is 5.16 Å². The molecule has 1 heterocycles. The van der Waals surface area contributed by atoms with Crippen LogP contribution in [0.25, 0.3) is 22.4 Å². The van der Waals surface area contributed by atoms with Crippen molar-refractivity contribution < 1.29 is 24.0 Å². The molecule has 7 nitrogen and oxygen atoms in total. The third-order valence-corrected chi connectivity index (χ3v) is 5.45. The summed E-state index contributed by atoms with van der Waals surface area (Å²) in [5.74, 6) is -0.264. The Morgan fingerprint density at radius 1 is 1.07 bits per heavy atom. The van der Waals surface area contributed by atoms with Crippen LogP contribution in [0.1, 0.15) is 31.1 Å². The van der Waals surface area contributed by atoms with Gasteiger partial charge in [-0.3, -0.25) is 10.1 Å². The van der Waals surface area contributed by atoms with Crippen LogP contribution in [0.5, 0.6) is 0 Å². The highest BCUT2D eigenvalue weighted by Crippen LogP contribution is 2.48. The minimum Gasteiger partial charge on any atom is -0.481 e. The van der Waals surface area contributed by atoms with Gasteiger partial charge in [0.2, 0.25) is 0 Å². The zero-order valence-corrected chi connectivity index (χ0v) is 16.8. The van der Waals surface area contributed by atoms with Crippen molar-refractivity contribution in [2.45, 2.75) is 32.1 Å². The predicted octanol–water partition coefficient (Wildman–Crippen LogP) is 5.00. The summed E-state index contributed by atoms with van der Waals surface area (Å²) in [6.45, 7) is 3.72. The first-order chi connectivity index (χ1) is 14.4. The first kappa shape index (κ1) is 19.7. The summed E-state index contributed by atoms with van der Waals surface area (Å²) in [5.41, 5.74) is 3.94. The van der Waals surface area contributed by atoms with Gasteiger partial charge in [0.25, 0.3) is 0 Å². The highest BCUT2D eigenvalue weighted by Gasteiger charge is 2.51. The number of ether oxygens (including phenoxy) is 1. The van der Waals surface area contributed by atoms with Crippen LogP contribution in [-0.4, -0.2) is 28.9 Å². The summed E-state index contributed by atoms with van der Waals surface area (Å²) in [6.07, 6.45) is 0.822. The molecule has 3 aromatic rings. The zero-order chi connectivity index (χ0) is 21.3. The average molecular weight is 406 g/mol. The van der Waals surface area contributed by atoms with Crippen molar-refractivity contribution in [2.24, 2.45) is 0 Å². The number of nitrogens with one attached hydrogen (secondary N) is 1. The lowest BCUT2D eigenvalue weighted by molar-refractivity contribution is -0.140. The van der Waals surface area contributed by atoms with E-state index in [0.29, 0.717) is 30.0 Å². The van der Waals surface area contributed by atoms with Gasteiger partial charge in [0.15, 0.2) is 5.76 Å². The number of carbonyl (C=O) groups is 2. The number of carboxylic acids is 1. The molecule has 1 aromatic heterocycles. The normalized spacial score (nSPS) is 14.2. The highest BCUT2D eigenvalue weighted by atomic mass is 16.5. The van der Waals surface area contributed by atoms with Crippen molar-refractivity contribution in [3.8, 4) is 22.4 Å². The molecule has 0 bridgehead atoms. The molecule has 0 saturated heterocycles. The van der Waals surface area contributed by atoms with Crippen molar-refractivity contribution >= 4 is 17.7 Å². The van der Waals surface area contributed by atoms with Crippen LogP contribution >= 0.6 is 0 Å². The number of aromatic nitrogens is 1. The topological polar surface area (TPSA) is 102 Å². The fourth-order valence-electron chi connectivity index (χ4n) is 3.54. The smallest absolute Gasteiger partial charge is 0.411 e. The lowest BCUT2D eigenvalue weighted by atomic mass is 9.93. The van der Waals surface area contributed by atoms with Gasteiger partial charge in [-0.05, 0) is 43.4 Å². The number of carboxylic acid groups (broad SMARTS) is 1. The number of carbonyl (C=O) groups excluding carboxylic acids is 1. The van der Waals surface area contributed by atoms with Gasteiger partial charge >= 0.3 is 12.1 Å². The Morgan fingerprint density at radius 2 is 1.63 bits per heavy atom. The molecule has 1 saturated carbocycles. The largest absolute Gasteiger partial charge is 0.481 e. The number of hydrogen-bond donors (Lipinski definition) is 2. The summed E-state index contributed by atoms with van der Waals surface area (Å²) in [5, 5.41) is 16.2. The van der Waals surface area contributed by atoms with E-state index in [1.54, 1.807) is 13.8 Å². The fourth-order valence-corrected chi connectivity index (χ4v) is 3.54. The lowest BCUT2D eigenvalue weighted by Gasteiger charge is -2.11. The SMILES string of the molecule is CCOC(=O)Nc1c(-c2ccc(-c3ccc(C4(C(=O)O)CC4)cc3)cc2)noc1C. The first-order valence-electron chi connectivity index (χ1n) is 9.79. The molecule has 0 aliphatic heterocycles. The van der Waals surface area contributed by atoms with Crippen LogP contribution in [0.2, 0.25) is 0 Å².